The molecule has 1 aliphatic rings. The van der Waals surface area contributed by atoms with E-state index in [1.165, 1.54) is 24.4 Å². The predicted molar refractivity (Wildman–Crippen MR) is 106 cm³/mol. The fourth-order valence-corrected chi connectivity index (χ4v) is 3.46. The minimum absolute atomic E-state index is 0.0785. The van der Waals surface area contributed by atoms with E-state index in [2.05, 4.69) is 20.3 Å². The lowest BCUT2D eigenvalue weighted by Gasteiger charge is -2.26. The van der Waals surface area contributed by atoms with Crippen molar-refractivity contribution < 1.29 is 22.7 Å². The topological polar surface area (TPSA) is 97.2 Å². The number of halogens is 3. The van der Waals surface area contributed by atoms with Crippen LogP contribution in [0.15, 0.2) is 35.4 Å². The fourth-order valence-electron chi connectivity index (χ4n) is 3.46. The summed E-state index contributed by atoms with van der Waals surface area (Å²) in [5, 5.41) is 6.94. The van der Waals surface area contributed by atoms with Crippen LogP contribution in [0.1, 0.15) is 10.4 Å². The first kappa shape index (κ1) is 21.1. The maximum Gasteiger partial charge on any atom is 0.406 e. The van der Waals surface area contributed by atoms with Gasteiger partial charge in [-0.25, -0.2) is 4.79 Å². The van der Waals surface area contributed by atoms with Crippen molar-refractivity contribution in [2.24, 2.45) is 0 Å². The summed E-state index contributed by atoms with van der Waals surface area (Å²) in [6.45, 7) is 3.26. The molecule has 3 aromatic rings. The largest absolute Gasteiger partial charge is 0.406 e. The first-order valence-electron chi connectivity index (χ1n) is 9.72. The molecule has 0 atom stereocenters. The van der Waals surface area contributed by atoms with Gasteiger partial charge in [-0.05, 0) is 18.2 Å². The average Bonchev–Trinajstić information content (AvgIpc) is 3.29. The predicted octanol–water partition coefficient (Wildman–Crippen LogP) is 1.67. The summed E-state index contributed by atoms with van der Waals surface area (Å²) < 4.78 is 45.7. The second kappa shape index (κ2) is 8.55. The number of morpholine rings is 1. The summed E-state index contributed by atoms with van der Waals surface area (Å²) in [5.41, 5.74) is 0.0496. The van der Waals surface area contributed by atoms with Crippen molar-refractivity contribution in [2.45, 2.75) is 19.3 Å². The molecular formula is C19H21F3N6O3. The fraction of sp³-hybridized carbons (Fsp3) is 0.421. The summed E-state index contributed by atoms with van der Waals surface area (Å²) in [5.74, 6) is -0.459. The molecule has 2 aromatic heterocycles. The third kappa shape index (κ3) is 5.14. The van der Waals surface area contributed by atoms with Gasteiger partial charge in [0.05, 0.1) is 42.7 Å². The molecule has 0 radical (unpaired) electrons. The number of H-pyrrole nitrogens is 1. The highest BCUT2D eigenvalue weighted by Gasteiger charge is 2.29. The van der Waals surface area contributed by atoms with Crippen LogP contribution in [0, 0.1) is 0 Å². The van der Waals surface area contributed by atoms with Crippen molar-refractivity contribution in [3.8, 4) is 0 Å². The highest BCUT2D eigenvalue weighted by Crippen LogP contribution is 2.21. The van der Waals surface area contributed by atoms with Crippen LogP contribution < -0.4 is 11.0 Å². The minimum atomic E-state index is -4.53. The lowest BCUT2D eigenvalue weighted by molar-refractivity contribution is -0.140. The smallest absolute Gasteiger partial charge is 0.379 e. The average molecular weight is 438 g/mol. The van der Waals surface area contributed by atoms with Crippen LogP contribution in [0.4, 0.5) is 18.9 Å². The molecule has 12 heteroatoms. The number of amides is 1. The number of hydrogen-bond donors (Lipinski definition) is 2. The van der Waals surface area contributed by atoms with Crippen LogP contribution in [-0.4, -0.2) is 69.2 Å². The molecule has 3 heterocycles. The number of carbonyl (C=O) groups is 1. The third-order valence-corrected chi connectivity index (χ3v) is 5.01. The van der Waals surface area contributed by atoms with E-state index in [9.17, 15) is 22.8 Å². The number of alkyl halides is 3. The van der Waals surface area contributed by atoms with E-state index < -0.39 is 24.3 Å². The van der Waals surface area contributed by atoms with E-state index in [4.69, 9.17) is 4.74 Å². The van der Waals surface area contributed by atoms with Gasteiger partial charge in [0.2, 0.25) is 0 Å². The molecule has 1 aliphatic heterocycles. The number of rotatable bonds is 6. The van der Waals surface area contributed by atoms with Crippen LogP contribution in [0.25, 0.3) is 11.0 Å². The minimum Gasteiger partial charge on any atom is -0.379 e. The summed E-state index contributed by atoms with van der Waals surface area (Å²) >= 11 is 0. The van der Waals surface area contributed by atoms with Crippen molar-refractivity contribution in [1.29, 1.82) is 0 Å². The van der Waals surface area contributed by atoms with E-state index in [0.29, 0.717) is 16.8 Å². The number of fused-ring (bicyclic) bond motifs is 1. The van der Waals surface area contributed by atoms with Gasteiger partial charge >= 0.3 is 11.9 Å². The van der Waals surface area contributed by atoms with Gasteiger partial charge in [0.1, 0.15) is 6.54 Å². The molecule has 4 rings (SSSR count). The molecule has 1 aromatic carbocycles. The van der Waals surface area contributed by atoms with Crippen LogP contribution in [0.5, 0.6) is 0 Å². The number of carbonyl (C=O) groups excluding carboxylic acids is 1. The zero-order chi connectivity index (χ0) is 22.0. The van der Waals surface area contributed by atoms with E-state index in [-0.39, 0.29) is 16.6 Å². The van der Waals surface area contributed by atoms with Gasteiger partial charge in [0.25, 0.3) is 5.91 Å². The maximum absolute atomic E-state index is 12.7. The Balaban J connectivity index is 1.41. The van der Waals surface area contributed by atoms with Crippen molar-refractivity contribution in [1.82, 2.24) is 24.2 Å². The summed E-state index contributed by atoms with van der Waals surface area (Å²) in [4.78, 5) is 29.0. The molecule has 1 saturated heterocycles. The van der Waals surface area contributed by atoms with E-state index >= 15 is 0 Å². The maximum atomic E-state index is 12.7. The molecule has 0 unspecified atom stereocenters. The Morgan fingerprint density at radius 1 is 1.23 bits per heavy atom. The van der Waals surface area contributed by atoms with Gasteiger partial charge in [-0.2, -0.15) is 18.3 Å². The number of benzene rings is 1. The third-order valence-electron chi connectivity index (χ3n) is 5.01. The molecule has 9 nitrogen and oxygen atoms in total. The lowest BCUT2D eigenvalue weighted by atomic mass is 10.2. The van der Waals surface area contributed by atoms with Crippen LogP contribution in [0.2, 0.25) is 0 Å². The first-order chi connectivity index (χ1) is 14.8. The highest BCUT2D eigenvalue weighted by atomic mass is 19.4. The Labute approximate surface area is 174 Å². The summed E-state index contributed by atoms with van der Waals surface area (Å²) in [6.07, 6.45) is -1.30. The molecule has 0 saturated carbocycles. The SMILES string of the molecule is O=C(Nc1cnn(CCN2CCOCC2)c1)c1ccc2c(c1)[nH]c(=O)n2CC(F)(F)F. The summed E-state index contributed by atoms with van der Waals surface area (Å²) in [6, 6.07) is 4.04. The standard InChI is InChI=1S/C19H21F3N6O3/c20-19(21,22)12-28-16-2-1-13(9-15(16)25-18(28)30)17(29)24-14-10-23-27(11-14)4-3-26-5-7-31-8-6-26/h1-2,9-11H,3-8,12H2,(H,24,29)(H,25,30). The summed E-state index contributed by atoms with van der Waals surface area (Å²) in [7, 11) is 0. The van der Waals surface area contributed by atoms with E-state index in [1.54, 1.807) is 10.9 Å². The monoisotopic (exact) mass is 438 g/mol. The molecule has 0 bridgehead atoms. The highest BCUT2D eigenvalue weighted by molar-refractivity contribution is 6.05. The van der Waals surface area contributed by atoms with Crippen molar-refractivity contribution >= 4 is 22.6 Å². The van der Waals surface area contributed by atoms with Gasteiger partial charge < -0.3 is 15.0 Å². The molecule has 1 amide bonds. The number of nitrogens with one attached hydrogen (secondary N) is 2. The van der Waals surface area contributed by atoms with Crippen molar-refractivity contribution in [3.63, 3.8) is 0 Å². The number of imidazole rings is 1. The van der Waals surface area contributed by atoms with Crippen molar-refractivity contribution in [3.05, 3.63) is 46.6 Å². The Morgan fingerprint density at radius 3 is 2.74 bits per heavy atom. The second-order valence-electron chi connectivity index (χ2n) is 7.26. The zero-order valence-electron chi connectivity index (χ0n) is 16.5. The zero-order valence-corrected chi connectivity index (χ0v) is 16.5. The molecule has 31 heavy (non-hydrogen) atoms. The van der Waals surface area contributed by atoms with E-state index in [0.717, 1.165) is 32.8 Å². The quantitative estimate of drug-likeness (QED) is 0.610. The Kier molecular flexibility index (Phi) is 5.83. The molecular weight excluding hydrogens is 417 g/mol. The molecule has 1 fully saturated rings. The Bertz CT molecular complexity index is 1130. The van der Waals surface area contributed by atoms with E-state index in [1.807, 2.05) is 0 Å². The normalized spacial score (nSPS) is 15.5. The Hall–Kier alpha value is -3.12. The van der Waals surface area contributed by atoms with Gasteiger partial charge in [-0.15, -0.1) is 0 Å². The number of aromatic amines is 1. The van der Waals surface area contributed by atoms with Gasteiger partial charge in [0, 0.05) is 31.4 Å². The first-order valence-corrected chi connectivity index (χ1v) is 9.72. The second-order valence-corrected chi connectivity index (χ2v) is 7.26. The van der Waals surface area contributed by atoms with Gasteiger partial charge in [0.15, 0.2) is 0 Å². The molecule has 166 valence electrons. The van der Waals surface area contributed by atoms with Crippen LogP contribution >= 0.6 is 0 Å². The molecule has 0 aliphatic carbocycles. The molecule has 0 spiro atoms. The van der Waals surface area contributed by atoms with Crippen LogP contribution in [0.3, 0.4) is 0 Å². The number of ether oxygens (including phenoxy) is 1. The van der Waals surface area contributed by atoms with Gasteiger partial charge in [-0.1, -0.05) is 0 Å². The van der Waals surface area contributed by atoms with Gasteiger partial charge in [-0.3, -0.25) is 18.9 Å². The molecule has 2 N–H and O–H groups in total. The van der Waals surface area contributed by atoms with Crippen LogP contribution in [-0.2, 0) is 17.8 Å². The number of nitrogens with zero attached hydrogens (tertiary/aromatic N) is 4. The Morgan fingerprint density at radius 2 is 2.00 bits per heavy atom. The number of anilines is 1. The van der Waals surface area contributed by atoms with Crippen molar-refractivity contribution in [2.75, 3.05) is 38.2 Å². The lowest BCUT2D eigenvalue weighted by Crippen LogP contribution is -2.38. The number of aromatic nitrogens is 4. The number of hydrogen-bond acceptors (Lipinski definition) is 5.